The number of aromatic amines is 1. The van der Waals surface area contributed by atoms with Crippen LogP contribution in [0, 0.1) is 0 Å². The van der Waals surface area contributed by atoms with E-state index in [1.54, 1.807) is 31.2 Å². The second-order valence-corrected chi connectivity index (χ2v) is 7.16. The van der Waals surface area contributed by atoms with Crippen LogP contribution >= 0.6 is 0 Å². The number of aromatic nitrogens is 2. The molecule has 5 nitrogen and oxygen atoms in total. The van der Waals surface area contributed by atoms with Crippen molar-refractivity contribution >= 4 is 16.9 Å². The molecule has 1 heterocycles. The Morgan fingerprint density at radius 2 is 1.63 bits per heavy atom. The third kappa shape index (κ3) is 4.30. The van der Waals surface area contributed by atoms with E-state index in [1.807, 2.05) is 42.5 Å². The highest BCUT2D eigenvalue weighted by Gasteiger charge is 2.19. The van der Waals surface area contributed by atoms with Gasteiger partial charge in [-0.15, -0.1) is 0 Å². The van der Waals surface area contributed by atoms with Crippen molar-refractivity contribution in [1.82, 2.24) is 9.97 Å². The van der Waals surface area contributed by atoms with E-state index in [-0.39, 0.29) is 5.56 Å². The molecule has 4 rings (SSSR count). The second kappa shape index (κ2) is 8.74. The molecule has 1 aromatic heterocycles. The van der Waals surface area contributed by atoms with E-state index < -0.39 is 12.1 Å². The minimum atomic E-state index is -0.683. The molecule has 0 aliphatic heterocycles. The molecule has 30 heavy (non-hydrogen) atoms. The summed E-state index contributed by atoms with van der Waals surface area (Å²) >= 11 is 0. The third-order valence-electron chi connectivity index (χ3n) is 5.06. The maximum absolute atomic E-state index is 12.9. The highest BCUT2D eigenvalue weighted by molar-refractivity contribution is 5.91. The van der Waals surface area contributed by atoms with Gasteiger partial charge in [0, 0.05) is 0 Å². The predicted molar refractivity (Wildman–Crippen MR) is 116 cm³/mol. The van der Waals surface area contributed by atoms with Gasteiger partial charge in [0.25, 0.3) is 5.56 Å². The summed E-state index contributed by atoms with van der Waals surface area (Å²) in [6, 6.07) is 24.7. The molecule has 5 heteroatoms. The number of H-pyrrole nitrogens is 1. The van der Waals surface area contributed by atoms with Crippen molar-refractivity contribution in [2.45, 2.75) is 25.9 Å². The number of ether oxygens (including phenoxy) is 1. The van der Waals surface area contributed by atoms with Gasteiger partial charge in [0.05, 0.1) is 16.5 Å². The lowest BCUT2D eigenvalue weighted by Crippen LogP contribution is -2.18. The van der Waals surface area contributed by atoms with Gasteiger partial charge in [-0.2, -0.15) is 0 Å². The molecule has 0 bridgehead atoms. The number of carbonyl (C=O) groups is 1. The largest absolute Gasteiger partial charge is 0.451 e. The maximum Gasteiger partial charge on any atom is 0.339 e. The fraction of sp³-hybridized carbons (Fsp3) is 0.160. The summed E-state index contributed by atoms with van der Waals surface area (Å²) in [6.45, 7) is 1.71. The fourth-order valence-corrected chi connectivity index (χ4v) is 3.44. The zero-order valence-corrected chi connectivity index (χ0v) is 16.7. The number of rotatable bonds is 6. The van der Waals surface area contributed by atoms with E-state index in [0.29, 0.717) is 22.3 Å². The topological polar surface area (TPSA) is 72.0 Å². The highest BCUT2D eigenvalue weighted by atomic mass is 16.5. The molecule has 0 spiro atoms. The Kier molecular flexibility index (Phi) is 5.70. The fourth-order valence-electron chi connectivity index (χ4n) is 3.44. The number of nitrogens with zero attached hydrogens (tertiary/aromatic N) is 1. The van der Waals surface area contributed by atoms with Crippen molar-refractivity contribution in [3.05, 3.63) is 112 Å². The number of carbonyl (C=O) groups excluding carboxylic acids is 1. The number of nitrogens with one attached hydrogen (secondary N) is 1. The first-order valence-corrected chi connectivity index (χ1v) is 9.93. The monoisotopic (exact) mass is 398 g/mol. The van der Waals surface area contributed by atoms with Crippen LogP contribution in [0.2, 0.25) is 0 Å². The Labute approximate surface area is 174 Å². The molecule has 0 saturated heterocycles. The molecule has 4 aromatic rings. The van der Waals surface area contributed by atoms with Crippen LogP contribution in [0.1, 0.15) is 40.3 Å². The van der Waals surface area contributed by atoms with Gasteiger partial charge in [0.15, 0.2) is 11.9 Å². The molecule has 3 aromatic carbocycles. The number of para-hydroxylation sites is 1. The first kappa shape index (κ1) is 19.6. The number of benzene rings is 3. The van der Waals surface area contributed by atoms with Crippen molar-refractivity contribution in [2.24, 2.45) is 0 Å². The van der Waals surface area contributed by atoms with Gasteiger partial charge >= 0.3 is 5.97 Å². The minimum Gasteiger partial charge on any atom is -0.451 e. The quantitative estimate of drug-likeness (QED) is 0.481. The summed E-state index contributed by atoms with van der Waals surface area (Å²) in [5.74, 6) is -0.101. The van der Waals surface area contributed by atoms with Crippen LogP contribution in [0.5, 0.6) is 0 Å². The third-order valence-corrected chi connectivity index (χ3v) is 5.06. The van der Waals surface area contributed by atoms with Crippen molar-refractivity contribution in [3.8, 4) is 0 Å². The molecule has 0 amide bonds. The Bertz CT molecular complexity index is 1230. The van der Waals surface area contributed by atoms with E-state index in [1.165, 1.54) is 5.56 Å². The lowest BCUT2D eigenvalue weighted by Gasteiger charge is -2.15. The molecular formula is C25H22N2O3. The first-order chi connectivity index (χ1) is 14.6. The van der Waals surface area contributed by atoms with Gasteiger partial charge in [0.1, 0.15) is 0 Å². The lowest BCUT2D eigenvalue weighted by atomic mass is 10.00. The van der Waals surface area contributed by atoms with Gasteiger partial charge in [-0.25, -0.2) is 9.78 Å². The Hall–Kier alpha value is -3.73. The van der Waals surface area contributed by atoms with Crippen molar-refractivity contribution in [1.29, 1.82) is 0 Å². The average Bonchev–Trinajstić information content (AvgIpc) is 2.78. The minimum absolute atomic E-state index is 0.248. The van der Waals surface area contributed by atoms with Crippen molar-refractivity contribution in [3.63, 3.8) is 0 Å². The zero-order valence-electron chi connectivity index (χ0n) is 16.7. The Morgan fingerprint density at radius 1 is 0.933 bits per heavy atom. The zero-order chi connectivity index (χ0) is 20.9. The number of fused-ring (bicyclic) bond motifs is 1. The Morgan fingerprint density at radius 3 is 2.47 bits per heavy atom. The summed E-state index contributed by atoms with van der Waals surface area (Å²) in [4.78, 5) is 32.3. The molecule has 0 aliphatic rings. The number of hydrogen-bond acceptors (Lipinski definition) is 4. The van der Waals surface area contributed by atoms with E-state index in [4.69, 9.17) is 4.74 Å². The van der Waals surface area contributed by atoms with Crippen molar-refractivity contribution < 1.29 is 9.53 Å². The molecule has 0 aliphatic carbocycles. The normalized spacial score (nSPS) is 11.9. The van der Waals surface area contributed by atoms with Crippen molar-refractivity contribution in [2.75, 3.05) is 0 Å². The summed E-state index contributed by atoms with van der Waals surface area (Å²) in [6.07, 6.45) is 0.881. The number of hydrogen-bond donors (Lipinski definition) is 1. The molecule has 0 saturated carbocycles. The number of esters is 1. The smallest absolute Gasteiger partial charge is 0.339 e. The standard InChI is InChI=1S/C25H22N2O3/c1-17(23-26-22-14-8-7-13-21(22)24(28)27-23)30-25(29)20-12-6-5-11-19(20)16-15-18-9-3-2-4-10-18/h2-14,17H,15-16H2,1H3,(H,26,27,28). The molecule has 1 N–H and O–H groups in total. The lowest BCUT2D eigenvalue weighted by molar-refractivity contribution is 0.0318. The SMILES string of the molecule is CC(OC(=O)c1ccccc1CCc1ccccc1)c1nc2ccccc2c(=O)[nH]1. The van der Waals surface area contributed by atoms with Gasteiger partial charge in [-0.3, -0.25) is 4.79 Å². The molecule has 1 unspecified atom stereocenters. The van der Waals surface area contributed by atoms with E-state index >= 15 is 0 Å². The van der Waals surface area contributed by atoms with Crippen LogP contribution in [-0.2, 0) is 17.6 Å². The summed E-state index contributed by atoms with van der Waals surface area (Å²) in [5, 5.41) is 0.506. The van der Waals surface area contributed by atoms with Crippen LogP contribution in [0.25, 0.3) is 10.9 Å². The molecule has 0 radical (unpaired) electrons. The first-order valence-electron chi connectivity index (χ1n) is 9.93. The van der Waals surface area contributed by atoms with Gasteiger partial charge in [0.2, 0.25) is 0 Å². The van der Waals surface area contributed by atoms with Crippen LogP contribution in [0.4, 0.5) is 0 Å². The van der Waals surface area contributed by atoms with E-state index in [9.17, 15) is 9.59 Å². The molecular weight excluding hydrogens is 376 g/mol. The predicted octanol–water partition coefficient (Wildman–Crippen LogP) is 4.63. The van der Waals surface area contributed by atoms with Gasteiger partial charge in [-0.05, 0) is 49.1 Å². The second-order valence-electron chi connectivity index (χ2n) is 7.16. The van der Waals surface area contributed by atoms with E-state index in [0.717, 1.165) is 18.4 Å². The molecule has 1 atom stereocenters. The Balaban J connectivity index is 1.52. The maximum atomic E-state index is 12.9. The summed E-state index contributed by atoms with van der Waals surface area (Å²) in [5.41, 5.74) is 3.00. The summed E-state index contributed by atoms with van der Waals surface area (Å²) in [7, 11) is 0. The molecule has 150 valence electrons. The van der Waals surface area contributed by atoms with Crippen LogP contribution in [0.15, 0.2) is 83.7 Å². The van der Waals surface area contributed by atoms with E-state index in [2.05, 4.69) is 22.1 Å². The van der Waals surface area contributed by atoms with Gasteiger partial charge < -0.3 is 9.72 Å². The molecule has 0 fully saturated rings. The van der Waals surface area contributed by atoms with Crippen LogP contribution in [-0.4, -0.2) is 15.9 Å². The average molecular weight is 398 g/mol. The number of aryl methyl sites for hydroxylation is 2. The highest BCUT2D eigenvalue weighted by Crippen LogP contribution is 2.19. The van der Waals surface area contributed by atoms with Crippen LogP contribution < -0.4 is 5.56 Å². The summed E-state index contributed by atoms with van der Waals surface area (Å²) < 4.78 is 5.65. The van der Waals surface area contributed by atoms with Gasteiger partial charge in [-0.1, -0.05) is 60.7 Å². The van der Waals surface area contributed by atoms with Crippen LogP contribution in [0.3, 0.4) is 0 Å².